The van der Waals surface area contributed by atoms with E-state index in [9.17, 15) is 21.6 Å². The third-order valence-electron chi connectivity index (χ3n) is 1.52. The van der Waals surface area contributed by atoms with Crippen molar-refractivity contribution >= 4 is 21.4 Å². The van der Waals surface area contributed by atoms with Crippen LogP contribution in [-0.4, -0.2) is 13.4 Å². The van der Waals surface area contributed by atoms with Crippen molar-refractivity contribution in [2.24, 2.45) is 10.9 Å². The van der Waals surface area contributed by atoms with Crippen molar-refractivity contribution in [1.29, 1.82) is 0 Å². The SMILES string of the molecule is NCc1sc(CS(N)(=O)=O)nc1C(F)(F)F. The molecule has 0 saturated carbocycles. The van der Waals surface area contributed by atoms with Crippen LogP contribution in [0.1, 0.15) is 15.6 Å². The van der Waals surface area contributed by atoms with Gasteiger partial charge in [0.05, 0.1) is 4.88 Å². The molecular weight excluding hydrogens is 267 g/mol. The Morgan fingerprint density at radius 1 is 1.38 bits per heavy atom. The van der Waals surface area contributed by atoms with Crippen LogP contribution in [0.3, 0.4) is 0 Å². The Bertz CT molecular complexity index is 480. The molecule has 0 amide bonds. The second-order valence-corrected chi connectivity index (χ2v) is 5.67. The van der Waals surface area contributed by atoms with Gasteiger partial charge in [-0.3, -0.25) is 0 Å². The Hall–Kier alpha value is -0.710. The number of hydrogen-bond donors (Lipinski definition) is 2. The van der Waals surface area contributed by atoms with E-state index in [1.807, 2.05) is 0 Å². The number of aromatic nitrogens is 1. The summed E-state index contributed by atoms with van der Waals surface area (Å²) in [6.45, 7) is -0.350. The van der Waals surface area contributed by atoms with Crippen LogP contribution in [0.5, 0.6) is 0 Å². The van der Waals surface area contributed by atoms with Gasteiger partial charge in [0.15, 0.2) is 5.69 Å². The molecule has 4 N–H and O–H groups in total. The van der Waals surface area contributed by atoms with Gasteiger partial charge in [-0.1, -0.05) is 0 Å². The smallest absolute Gasteiger partial charge is 0.326 e. The van der Waals surface area contributed by atoms with Crippen molar-refractivity contribution in [3.05, 3.63) is 15.6 Å². The van der Waals surface area contributed by atoms with Crippen LogP contribution >= 0.6 is 11.3 Å². The Morgan fingerprint density at radius 3 is 2.25 bits per heavy atom. The number of thiazole rings is 1. The predicted molar refractivity (Wildman–Crippen MR) is 51.8 cm³/mol. The summed E-state index contributed by atoms with van der Waals surface area (Å²) in [5.41, 5.74) is 3.97. The molecule has 0 aliphatic rings. The van der Waals surface area contributed by atoms with E-state index in [2.05, 4.69) is 4.98 Å². The summed E-state index contributed by atoms with van der Waals surface area (Å²) in [7, 11) is -3.89. The zero-order chi connectivity index (χ0) is 12.6. The van der Waals surface area contributed by atoms with E-state index in [0.717, 1.165) is 0 Å². The van der Waals surface area contributed by atoms with Crippen LogP contribution in [-0.2, 0) is 28.5 Å². The lowest BCUT2D eigenvalue weighted by molar-refractivity contribution is -0.141. The van der Waals surface area contributed by atoms with Gasteiger partial charge >= 0.3 is 6.18 Å². The summed E-state index contributed by atoms with van der Waals surface area (Å²) in [6.07, 6.45) is -4.64. The Kier molecular flexibility index (Phi) is 3.57. The zero-order valence-corrected chi connectivity index (χ0v) is 9.42. The van der Waals surface area contributed by atoms with Crippen molar-refractivity contribution in [2.45, 2.75) is 18.5 Å². The van der Waals surface area contributed by atoms with E-state index >= 15 is 0 Å². The molecule has 10 heteroatoms. The summed E-state index contributed by atoms with van der Waals surface area (Å²) >= 11 is 0.598. The number of nitrogens with zero attached hydrogens (tertiary/aromatic N) is 1. The van der Waals surface area contributed by atoms with Gasteiger partial charge in [0.25, 0.3) is 0 Å². The lowest BCUT2D eigenvalue weighted by Crippen LogP contribution is -2.15. The fourth-order valence-corrected chi connectivity index (χ4v) is 2.89. The molecule has 0 bridgehead atoms. The number of alkyl halides is 3. The number of hydrogen-bond acceptors (Lipinski definition) is 5. The van der Waals surface area contributed by atoms with Crippen LogP contribution in [0.15, 0.2) is 0 Å². The minimum absolute atomic E-state index is 0.203. The van der Waals surface area contributed by atoms with Gasteiger partial charge in [-0.05, 0) is 0 Å². The number of primary sulfonamides is 1. The molecule has 0 spiro atoms. The van der Waals surface area contributed by atoms with E-state index in [1.165, 1.54) is 0 Å². The lowest BCUT2D eigenvalue weighted by atomic mass is 10.3. The fraction of sp³-hybridized carbons (Fsp3) is 0.500. The van der Waals surface area contributed by atoms with E-state index in [4.69, 9.17) is 10.9 Å². The minimum atomic E-state index is -4.64. The molecular formula is C6H8F3N3O2S2. The summed E-state index contributed by atoms with van der Waals surface area (Å²) in [6, 6.07) is 0. The first-order chi connectivity index (χ1) is 7.13. The predicted octanol–water partition coefficient (Wildman–Crippen LogP) is 0.409. The highest BCUT2D eigenvalue weighted by atomic mass is 32.2. The first kappa shape index (κ1) is 13.4. The quantitative estimate of drug-likeness (QED) is 0.834. The Morgan fingerprint density at radius 2 is 1.94 bits per heavy atom. The topological polar surface area (TPSA) is 99.1 Å². The average Bonchev–Trinajstić information content (AvgIpc) is 2.43. The molecule has 0 aliphatic heterocycles. The number of rotatable bonds is 3. The Balaban J connectivity index is 3.14. The maximum Gasteiger partial charge on any atom is 0.434 e. The molecule has 5 nitrogen and oxygen atoms in total. The molecule has 0 aromatic carbocycles. The van der Waals surface area contributed by atoms with E-state index in [1.54, 1.807) is 0 Å². The second-order valence-electron chi connectivity index (χ2n) is 2.89. The fourth-order valence-electron chi connectivity index (χ4n) is 0.994. The van der Waals surface area contributed by atoms with Crippen LogP contribution in [0.2, 0.25) is 0 Å². The van der Waals surface area contributed by atoms with Crippen LogP contribution in [0.4, 0.5) is 13.2 Å². The largest absolute Gasteiger partial charge is 0.434 e. The third kappa shape index (κ3) is 3.40. The van der Waals surface area contributed by atoms with Crippen LogP contribution < -0.4 is 10.9 Å². The van der Waals surface area contributed by atoms with Crippen molar-refractivity contribution in [1.82, 2.24) is 4.98 Å². The monoisotopic (exact) mass is 275 g/mol. The maximum absolute atomic E-state index is 12.4. The molecule has 0 atom stereocenters. The molecule has 16 heavy (non-hydrogen) atoms. The van der Waals surface area contributed by atoms with E-state index in [-0.39, 0.29) is 16.4 Å². The molecule has 0 radical (unpaired) electrons. The Labute approximate surface area is 93.3 Å². The number of halogens is 3. The molecule has 1 aromatic heterocycles. The van der Waals surface area contributed by atoms with Crippen molar-refractivity contribution < 1.29 is 21.6 Å². The number of nitrogens with two attached hydrogens (primary N) is 2. The van der Waals surface area contributed by atoms with Gasteiger partial charge in [-0.15, -0.1) is 11.3 Å². The summed E-state index contributed by atoms with van der Waals surface area (Å²) in [5.74, 6) is -0.721. The summed E-state index contributed by atoms with van der Waals surface area (Å²) in [5, 5.41) is 4.49. The molecule has 0 saturated heterocycles. The van der Waals surface area contributed by atoms with Crippen LogP contribution in [0, 0.1) is 0 Å². The summed E-state index contributed by atoms with van der Waals surface area (Å²) < 4.78 is 58.6. The van der Waals surface area contributed by atoms with Crippen molar-refractivity contribution in [3.8, 4) is 0 Å². The molecule has 0 fully saturated rings. The molecule has 0 unspecified atom stereocenters. The summed E-state index contributed by atoms with van der Waals surface area (Å²) in [4.78, 5) is 2.99. The van der Waals surface area contributed by atoms with E-state index < -0.39 is 27.6 Å². The van der Waals surface area contributed by atoms with Crippen molar-refractivity contribution in [2.75, 3.05) is 0 Å². The van der Waals surface area contributed by atoms with Gasteiger partial charge in [0.2, 0.25) is 10.0 Å². The second kappa shape index (κ2) is 4.28. The highest BCUT2D eigenvalue weighted by molar-refractivity contribution is 7.88. The van der Waals surface area contributed by atoms with Gasteiger partial charge in [-0.2, -0.15) is 13.2 Å². The standard InChI is InChI=1S/C6H8F3N3O2S2/c7-6(8,9)5-3(1-10)15-4(12-5)2-16(11,13)14/h1-2,10H2,(H2,11,13,14). The van der Waals surface area contributed by atoms with Gasteiger partial charge in [-0.25, -0.2) is 18.5 Å². The molecule has 92 valence electrons. The average molecular weight is 275 g/mol. The first-order valence-electron chi connectivity index (χ1n) is 3.90. The molecule has 1 aromatic rings. The zero-order valence-electron chi connectivity index (χ0n) is 7.78. The highest BCUT2D eigenvalue weighted by Gasteiger charge is 2.37. The number of sulfonamides is 1. The van der Waals surface area contributed by atoms with Crippen LogP contribution in [0.25, 0.3) is 0 Å². The van der Waals surface area contributed by atoms with Gasteiger partial charge in [0.1, 0.15) is 10.8 Å². The normalized spacial score (nSPS) is 13.1. The maximum atomic E-state index is 12.4. The van der Waals surface area contributed by atoms with Gasteiger partial charge < -0.3 is 5.73 Å². The van der Waals surface area contributed by atoms with Crippen molar-refractivity contribution in [3.63, 3.8) is 0 Å². The highest BCUT2D eigenvalue weighted by Crippen LogP contribution is 2.34. The third-order valence-corrected chi connectivity index (χ3v) is 3.46. The minimum Gasteiger partial charge on any atom is -0.326 e. The lowest BCUT2D eigenvalue weighted by Gasteiger charge is -2.03. The van der Waals surface area contributed by atoms with Gasteiger partial charge in [0, 0.05) is 6.54 Å². The molecule has 1 heterocycles. The molecule has 1 rings (SSSR count). The first-order valence-corrected chi connectivity index (χ1v) is 6.43. The van der Waals surface area contributed by atoms with E-state index in [0.29, 0.717) is 11.3 Å². The molecule has 0 aliphatic carbocycles.